The van der Waals surface area contributed by atoms with Crippen LogP contribution in [0.4, 0.5) is 11.6 Å². The van der Waals surface area contributed by atoms with E-state index in [9.17, 15) is 0 Å². The Morgan fingerprint density at radius 1 is 1.00 bits per heavy atom. The van der Waals surface area contributed by atoms with Gasteiger partial charge in [0.15, 0.2) is 0 Å². The van der Waals surface area contributed by atoms with E-state index in [2.05, 4.69) is 33.2 Å². The Bertz CT molecular complexity index is 1260. The quantitative estimate of drug-likeness (QED) is 0.461. The molecule has 0 fully saturated rings. The molecule has 27 heavy (non-hydrogen) atoms. The summed E-state index contributed by atoms with van der Waals surface area (Å²) in [6.45, 7) is 0. The third-order valence-electron chi connectivity index (χ3n) is 4.51. The minimum absolute atomic E-state index is 0.546. The zero-order chi connectivity index (χ0) is 18.2. The second-order valence-corrected chi connectivity index (χ2v) is 6.92. The normalized spacial score (nSPS) is 11.1. The van der Waals surface area contributed by atoms with Crippen molar-refractivity contribution < 1.29 is 4.74 Å². The van der Waals surface area contributed by atoms with Crippen molar-refractivity contribution in [1.82, 2.24) is 14.6 Å². The molecule has 0 aliphatic carbocycles. The number of ether oxygens (including phenoxy) is 1. The molecule has 6 heteroatoms. The minimum Gasteiger partial charge on any atom is -0.496 e. The molecule has 0 atom stereocenters. The van der Waals surface area contributed by atoms with Crippen molar-refractivity contribution in [2.75, 3.05) is 12.4 Å². The lowest BCUT2D eigenvalue weighted by Crippen LogP contribution is -2.03. The van der Waals surface area contributed by atoms with Gasteiger partial charge in [-0.05, 0) is 57.9 Å². The number of hydrogen-bond donors (Lipinski definition) is 1. The molecule has 0 amide bonds. The van der Waals surface area contributed by atoms with Gasteiger partial charge in [-0.15, -0.1) is 5.10 Å². The summed E-state index contributed by atoms with van der Waals surface area (Å²) in [5.41, 5.74) is 3.84. The molecule has 1 N–H and O–H groups in total. The van der Waals surface area contributed by atoms with E-state index in [1.807, 2.05) is 53.2 Å². The Balaban J connectivity index is 1.56. The van der Waals surface area contributed by atoms with Gasteiger partial charge >= 0.3 is 0 Å². The van der Waals surface area contributed by atoms with Gasteiger partial charge in [0.25, 0.3) is 0 Å². The third-order valence-corrected chi connectivity index (χ3v) is 5.29. The van der Waals surface area contributed by atoms with Gasteiger partial charge in [-0.3, -0.25) is 0 Å². The van der Waals surface area contributed by atoms with Crippen LogP contribution < -0.4 is 10.1 Å². The molecular formula is C21H16N4OS. The highest BCUT2D eigenvalue weighted by atomic mass is 32.1. The first-order chi connectivity index (χ1) is 13.3. The van der Waals surface area contributed by atoms with Crippen LogP contribution in [0.5, 0.6) is 5.75 Å². The molecule has 5 aromatic rings. The van der Waals surface area contributed by atoms with E-state index in [1.165, 1.54) is 10.8 Å². The monoisotopic (exact) mass is 372 g/mol. The summed E-state index contributed by atoms with van der Waals surface area (Å²) in [5, 5.41) is 14.7. The first kappa shape index (κ1) is 15.8. The van der Waals surface area contributed by atoms with E-state index in [0.717, 1.165) is 28.2 Å². The van der Waals surface area contributed by atoms with Gasteiger partial charge in [-0.1, -0.05) is 18.2 Å². The molecule has 3 heterocycles. The summed E-state index contributed by atoms with van der Waals surface area (Å²) in [4.78, 5) is 4.45. The maximum absolute atomic E-state index is 5.51. The van der Waals surface area contributed by atoms with E-state index in [-0.39, 0.29) is 0 Å². The number of aromatic nitrogens is 3. The molecule has 0 aliphatic rings. The van der Waals surface area contributed by atoms with Gasteiger partial charge in [0.05, 0.1) is 24.5 Å². The molecule has 0 saturated heterocycles. The Morgan fingerprint density at radius 3 is 2.81 bits per heavy atom. The number of thiophene rings is 1. The highest BCUT2D eigenvalue weighted by Gasteiger charge is 2.11. The van der Waals surface area contributed by atoms with Gasteiger partial charge < -0.3 is 10.1 Å². The molecule has 0 spiro atoms. The zero-order valence-electron chi connectivity index (χ0n) is 14.6. The molecule has 132 valence electrons. The Labute approximate surface area is 159 Å². The molecule has 3 aromatic heterocycles. The third kappa shape index (κ3) is 2.80. The summed E-state index contributed by atoms with van der Waals surface area (Å²) < 4.78 is 7.39. The number of fused-ring (bicyclic) bond motifs is 2. The highest BCUT2D eigenvalue weighted by molar-refractivity contribution is 7.09. The fourth-order valence-electron chi connectivity index (χ4n) is 3.19. The largest absolute Gasteiger partial charge is 0.496 e. The molecular weight excluding hydrogens is 356 g/mol. The average molecular weight is 372 g/mol. The first-order valence-electron chi connectivity index (χ1n) is 8.53. The number of hydrogen-bond acceptors (Lipinski definition) is 5. The Morgan fingerprint density at radius 2 is 1.89 bits per heavy atom. The molecule has 0 bridgehead atoms. The van der Waals surface area contributed by atoms with Crippen LogP contribution in [0.1, 0.15) is 0 Å². The molecule has 0 saturated carbocycles. The number of anilines is 2. The van der Waals surface area contributed by atoms with Crippen LogP contribution in [0, 0.1) is 0 Å². The van der Waals surface area contributed by atoms with Gasteiger partial charge in [0.2, 0.25) is 5.95 Å². The Kier molecular flexibility index (Phi) is 3.76. The molecule has 0 unspecified atom stereocenters. The van der Waals surface area contributed by atoms with Crippen molar-refractivity contribution in [2.45, 2.75) is 0 Å². The standard InChI is InChI=1S/C21H16N4OS/c1-26-20-5-3-2-4-18(20)19-9-8-17-11-22-21(24-25(17)19)23-16-7-6-14-12-27-13-15(14)10-16/h2-13H,1H3,(H,23,24). The van der Waals surface area contributed by atoms with Crippen LogP contribution in [-0.4, -0.2) is 21.7 Å². The van der Waals surface area contributed by atoms with Crippen molar-refractivity contribution >= 4 is 39.3 Å². The molecule has 0 radical (unpaired) electrons. The predicted octanol–water partition coefficient (Wildman–Crippen LogP) is 5.36. The number of benzene rings is 2. The van der Waals surface area contributed by atoms with Crippen LogP contribution in [0.3, 0.4) is 0 Å². The fraction of sp³-hybridized carbons (Fsp3) is 0.0476. The zero-order valence-corrected chi connectivity index (χ0v) is 15.4. The van der Waals surface area contributed by atoms with Crippen LogP contribution in [0.15, 0.2) is 71.6 Å². The van der Waals surface area contributed by atoms with Crippen molar-refractivity contribution in [2.24, 2.45) is 0 Å². The second kappa shape index (κ2) is 6.41. The second-order valence-electron chi connectivity index (χ2n) is 6.18. The van der Waals surface area contributed by atoms with Crippen molar-refractivity contribution in [3.63, 3.8) is 0 Å². The lowest BCUT2D eigenvalue weighted by atomic mass is 10.1. The Hall–Kier alpha value is -3.38. The van der Waals surface area contributed by atoms with E-state index in [0.29, 0.717) is 5.95 Å². The topological polar surface area (TPSA) is 51.5 Å². The number of nitrogens with one attached hydrogen (secondary N) is 1. The maximum atomic E-state index is 5.51. The lowest BCUT2D eigenvalue weighted by Gasteiger charge is -2.09. The average Bonchev–Trinajstić information content (AvgIpc) is 3.34. The minimum atomic E-state index is 0.546. The van der Waals surface area contributed by atoms with E-state index in [4.69, 9.17) is 9.84 Å². The van der Waals surface area contributed by atoms with E-state index < -0.39 is 0 Å². The number of para-hydroxylation sites is 1. The van der Waals surface area contributed by atoms with Crippen LogP contribution in [0.25, 0.3) is 27.5 Å². The fourth-order valence-corrected chi connectivity index (χ4v) is 3.97. The van der Waals surface area contributed by atoms with Crippen molar-refractivity contribution in [1.29, 1.82) is 0 Å². The van der Waals surface area contributed by atoms with Gasteiger partial charge in [-0.2, -0.15) is 11.3 Å². The lowest BCUT2D eigenvalue weighted by molar-refractivity contribution is 0.416. The summed E-state index contributed by atoms with van der Waals surface area (Å²) in [5.74, 6) is 1.36. The van der Waals surface area contributed by atoms with Gasteiger partial charge in [0.1, 0.15) is 5.75 Å². The summed E-state index contributed by atoms with van der Waals surface area (Å²) in [7, 11) is 1.68. The predicted molar refractivity (Wildman–Crippen MR) is 110 cm³/mol. The van der Waals surface area contributed by atoms with Gasteiger partial charge in [-0.25, -0.2) is 9.50 Å². The molecule has 2 aromatic carbocycles. The summed E-state index contributed by atoms with van der Waals surface area (Å²) in [6.07, 6.45) is 1.82. The summed E-state index contributed by atoms with van der Waals surface area (Å²) >= 11 is 1.70. The molecule has 5 rings (SSSR count). The van der Waals surface area contributed by atoms with Crippen molar-refractivity contribution in [3.05, 3.63) is 71.6 Å². The van der Waals surface area contributed by atoms with Crippen LogP contribution in [0.2, 0.25) is 0 Å². The van der Waals surface area contributed by atoms with Crippen LogP contribution >= 0.6 is 11.3 Å². The number of nitrogens with zero attached hydrogens (tertiary/aromatic N) is 3. The van der Waals surface area contributed by atoms with E-state index in [1.54, 1.807) is 18.4 Å². The SMILES string of the molecule is COc1ccccc1-c1ccc2cnc(Nc3ccc4cscc4c3)nn12. The van der Waals surface area contributed by atoms with Crippen LogP contribution in [-0.2, 0) is 0 Å². The maximum Gasteiger partial charge on any atom is 0.245 e. The van der Waals surface area contributed by atoms with E-state index >= 15 is 0 Å². The number of rotatable bonds is 4. The smallest absolute Gasteiger partial charge is 0.245 e. The highest BCUT2D eigenvalue weighted by Crippen LogP contribution is 2.31. The molecule has 5 nitrogen and oxygen atoms in total. The summed E-state index contributed by atoms with van der Waals surface area (Å²) in [6, 6.07) is 18.2. The van der Waals surface area contributed by atoms with Gasteiger partial charge in [0, 0.05) is 11.3 Å². The first-order valence-corrected chi connectivity index (χ1v) is 9.47. The van der Waals surface area contributed by atoms with Crippen molar-refractivity contribution in [3.8, 4) is 17.0 Å². The molecule has 0 aliphatic heterocycles. The number of methoxy groups -OCH3 is 1.